The molecule has 96 valence electrons. The maximum absolute atomic E-state index is 11.7. The summed E-state index contributed by atoms with van der Waals surface area (Å²) in [6, 6.07) is 6.83. The van der Waals surface area contributed by atoms with Crippen molar-refractivity contribution in [2.24, 2.45) is 0 Å². The highest BCUT2D eigenvalue weighted by atomic mass is 79.9. The standard InChI is InChI=1S/C14H15BrClNO/c15-13-8-11(4-5-14(13)16)17-9-2-1-3-10(17)7-12(18)6-9/h4-5,8-10H,1-3,6-7H2. The van der Waals surface area contributed by atoms with E-state index in [0.717, 1.165) is 22.3 Å². The SMILES string of the molecule is O=C1CC2CCCC(C1)N2c1ccc(Cl)c(Br)c1. The van der Waals surface area contributed by atoms with Crippen LogP contribution in [0, 0.1) is 0 Å². The summed E-state index contributed by atoms with van der Waals surface area (Å²) in [5, 5.41) is 0.733. The second kappa shape index (κ2) is 4.86. The Hall–Kier alpha value is -0.540. The molecule has 2 aliphatic heterocycles. The lowest BCUT2D eigenvalue weighted by atomic mass is 9.83. The van der Waals surface area contributed by atoms with Gasteiger partial charge in [0.1, 0.15) is 5.78 Å². The van der Waals surface area contributed by atoms with Gasteiger partial charge in [0.25, 0.3) is 0 Å². The molecule has 0 saturated carbocycles. The zero-order chi connectivity index (χ0) is 12.7. The van der Waals surface area contributed by atoms with Crippen LogP contribution in [0.2, 0.25) is 5.02 Å². The van der Waals surface area contributed by atoms with Crippen molar-refractivity contribution in [3.05, 3.63) is 27.7 Å². The van der Waals surface area contributed by atoms with Gasteiger partial charge < -0.3 is 4.90 Å². The van der Waals surface area contributed by atoms with Crippen molar-refractivity contribution >= 4 is 39.0 Å². The van der Waals surface area contributed by atoms with Gasteiger partial charge in [-0.3, -0.25) is 4.79 Å². The van der Waals surface area contributed by atoms with Crippen molar-refractivity contribution in [1.29, 1.82) is 0 Å². The summed E-state index contributed by atoms with van der Waals surface area (Å²) in [6.07, 6.45) is 4.91. The van der Waals surface area contributed by atoms with E-state index in [0.29, 0.717) is 30.7 Å². The predicted molar refractivity (Wildman–Crippen MR) is 77.3 cm³/mol. The third-order valence-electron chi connectivity index (χ3n) is 3.99. The molecular weight excluding hydrogens is 314 g/mol. The molecule has 2 bridgehead atoms. The number of benzene rings is 1. The van der Waals surface area contributed by atoms with Gasteiger partial charge in [0.15, 0.2) is 0 Å². The number of anilines is 1. The molecule has 2 atom stereocenters. The Morgan fingerprint density at radius 2 is 1.89 bits per heavy atom. The van der Waals surface area contributed by atoms with E-state index in [2.05, 4.69) is 33.0 Å². The molecule has 0 aliphatic carbocycles. The van der Waals surface area contributed by atoms with Crippen molar-refractivity contribution in [1.82, 2.24) is 0 Å². The van der Waals surface area contributed by atoms with E-state index in [4.69, 9.17) is 11.6 Å². The van der Waals surface area contributed by atoms with Crippen LogP contribution in [0.4, 0.5) is 5.69 Å². The Bertz CT molecular complexity index is 475. The molecule has 1 aromatic carbocycles. The second-order valence-corrected chi connectivity index (χ2v) is 6.45. The highest BCUT2D eigenvalue weighted by molar-refractivity contribution is 9.10. The highest BCUT2D eigenvalue weighted by Gasteiger charge is 2.37. The molecule has 0 spiro atoms. The van der Waals surface area contributed by atoms with Gasteiger partial charge in [-0.2, -0.15) is 0 Å². The van der Waals surface area contributed by atoms with Gasteiger partial charge in [0.05, 0.1) is 5.02 Å². The number of halogens is 2. The average Bonchev–Trinajstić information content (AvgIpc) is 2.32. The lowest BCUT2D eigenvalue weighted by molar-refractivity contribution is -0.121. The van der Waals surface area contributed by atoms with Crippen LogP contribution in [0.3, 0.4) is 0 Å². The molecule has 0 N–H and O–H groups in total. The number of hydrogen-bond acceptors (Lipinski definition) is 2. The lowest BCUT2D eigenvalue weighted by Gasteiger charge is -2.47. The third-order valence-corrected chi connectivity index (χ3v) is 5.20. The van der Waals surface area contributed by atoms with Crippen LogP contribution >= 0.6 is 27.5 Å². The molecule has 0 aromatic heterocycles. The number of rotatable bonds is 1. The number of Topliss-reactive ketones (excluding diaryl/α,β-unsaturated/α-hetero) is 1. The van der Waals surface area contributed by atoms with Crippen molar-refractivity contribution in [2.45, 2.75) is 44.2 Å². The van der Waals surface area contributed by atoms with Gasteiger partial charge in [0.2, 0.25) is 0 Å². The van der Waals surface area contributed by atoms with Gasteiger partial charge in [-0.15, -0.1) is 0 Å². The van der Waals surface area contributed by atoms with E-state index in [9.17, 15) is 4.79 Å². The molecule has 2 nitrogen and oxygen atoms in total. The average molecular weight is 329 g/mol. The van der Waals surface area contributed by atoms with Crippen molar-refractivity contribution in [3.8, 4) is 0 Å². The number of fused-ring (bicyclic) bond motifs is 2. The monoisotopic (exact) mass is 327 g/mol. The summed E-state index contributed by atoms with van der Waals surface area (Å²) in [7, 11) is 0. The van der Waals surface area contributed by atoms with Crippen molar-refractivity contribution in [3.63, 3.8) is 0 Å². The molecule has 18 heavy (non-hydrogen) atoms. The molecule has 0 radical (unpaired) electrons. The molecule has 2 heterocycles. The zero-order valence-corrected chi connectivity index (χ0v) is 12.4. The first-order chi connectivity index (χ1) is 8.65. The summed E-state index contributed by atoms with van der Waals surface area (Å²) >= 11 is 9.52. The van der Waals surface area contributed by atoms with E-state index < -0.39 is 0 Å². The number of carbonyl (C=O) groups excluding carboxylic acids is 1. The minimum atomic E-state index is 0.387. The van der Waals surface area contributed by atoms with Crippen LogP contribution < -0.4 is 4.90 Å². The first kappa shape index (κ1) is 12.5. The number of hydrogen-bond donors (Lipinski definition) is 0. The molecule has 2 saturated heterocycles. The minimum Gasteiger partial charge on any atom is -0.365 e. The smallest absolute Gasteiger partial charge is 0.137 e. The number of carbonyl (C=O) groups is 1. The molecule has 2 unspecified atom stereocenters. The summed E-state index contributed by atoms with van der Waals surface area (Å²) in [5.41, 5.74) is 1.19. The van der Waals surface area contributed by atoms with E-state index in [1.807, 2.05) is 6.07 Å². The van der Waals surface area contributed by atoms with Crippen LogP contribution in [0.5, 0.6) is 0 Å². The van der Waals surface area contributed by atoms with E-state index in [-0.39, 0.29) is 0 Å². The molecule has 2 aliphatic rings. The van der Waals surface area contributed by atoms with Crippen molar-refractivity contribution in [2.75, 3.05) is 4.90 Å². The van der Waals surface area contributed by atoms with E-state index in [1.165, 1.54) is 12.1 Å². The summed E-state index contributed by atoms with van der Waals surface area (Å²) < 4.78 is 0.927. The van der Waals surface area contributed by atoms with Crippen molar-refractivity contribution < 1.29 is 4.79 Å². The number of ketones is 1. The Kier molecular flexibility index (Phi) is 3.37. The van der Waals surface area contributed by atoms with E-state index in [1.54, 1.807) is 0 Å². The van der Waals surface area contributed by atoms with Crippen LogP contribution in [-0.2, 0) is 4.79 Å². The molecular formula is C14H15BrClNO. The quantitative estimate of drug-likeness (QED) is 0.770. The maximum atomic E-state index is 11.7. The maximum Gasteiger partial charge on any atom is 0.137 e. The van der Waals surface area contributed by atoms with E-state index >= 15 is 0 Å². The molecule has 1 aromatic rings. The van der Waals surface area contributed by atoms with Gasteiger partial charge in [-0.25, -0.2) is 0 Å². The second-order valence-electron chi connectivity index (χ2n) is 5.19. The number of piperidine rings is 2. The Balaban J connectivity index is 1.95. The van der Waals surface area contributed by atoms with Crippen LogP contribution in [-0.4, -0.2) is 17.9 Å². The fourth-order valence-corrected chi connectivity index (χ4v) is 3.73. The first-order valence-electron chi connectivity index (χ1n) is 6.40. The Labute approximate surface area is 120 Å². The molecule has 4 heteroatoms. The van der Waals surface area contributed by atoms with Gasteiger partial charge in [-0.05, 0) is 53.4 Å². The largest absolute Gasteiger partial charge is 0.365 e. The lowest BCUT2D eigenvalue weighted by Crippen LogP contribution is -2.52. The molecule has 0 amide bonds. The summed E-state index contributed by atoms with van der Waals surface area (Å²) in [6.45, 7) is 0. The predicted octanol–water partition coefficient (Wildman–Crippen LogP) is 4.19. The molecule has 3 rings (SSSR count). The van der Waals surface area contributed by atoms with Gasteiger partial charge in [0, 0.05) is 35.1 Å². The normalized spacial score (nSPS) is 27.4. The summed E-state index contributed by atoms with van der Waals surface area (Å²) in [4.78, 5) is 14.2. The third kappa shape index (κ3) is 2.19. The minimum absolute atomic E-state index is 0.387. The van der Waals surface area contributed by atoms with Gasteiger partial charge in [-0.1, -0.05) is 11.6 Å². The zero-order valence-electron chi connectivity index (χ0n) is 10.0. The Morgan fingerprint density at radius 3 is 2.50 bits per heavy atom. The Morgan fingerprint density at radius 1 is 1.22 bits per heavy atom. The topological polar surface area (TPSA) is 20.3 Å². The van der Waals surface area contributed by atoms with Crippen LogP contribution in [0.25, 0.3) is 0 Å². The fourth-order valence-electron chi connectivity index (χ4n) is 3.24. The molecule has 2 fully saturated rings. The van der Waals surface area contributed by atoms with Crippen LogP contribution in [0.1, 0.15) is 32.1 Å². The highest BCUT2D eigenvalue weighted by Crippen LogP contribution is 2.38. The van der Waals surface area contributed by atoms with Gasteiger partial charge >= 0.3 is 0 Å². The van der Waals surface area contributed by atoms with Crippen LogP contribution in [0.15, 0.2) is 22.7 Å². The summed E-state index contributed by atoms with van der Waals surface area (Å²) in [5.74, 6) is 0.425. The number of nitrogens with zero attached hydrogens (tertiary/aromatic N) is 1. The first-order valence-corrected chi connectivity index (χ1v) is 7.57. The fraction of sp³-hybridized carbons (Fsp3) is 0.500.